The Labute approximate surface area is 197 Å². The van der Waals surface area contributed by atoms with Gasteiger partial charge in [-0.15, -0.1) is 0 Å². The highest BCUT2D eigenvalue weighted by Crippen LogP contribution is 2.21. The van der Waals surface area contributed by atoms with Crippen molar-refractivity contribution in [2.24, 2.45) is 5.73 Å². The topological polar surface area (TPSA) is 113 Å². The van der Waals surface area contributed by atoms with Crippen LogP contribution >= 0.6 is 0 Å². The molecular formula is C26H25N3O5. The lowest BCUT2D eigenvalue weighted by Gasteiger charge is -2.35. The summed E-state index contributed by atoms with van der Waals surface area (Å²) in [5.41, 5.74) is 7.24. The summed E-state index contributed by atoms with van der Waals surface area (Å²) in [5, 5.41) is 9.94. The molecule has 0 atom stereocenters. The van der Waals surface area contributed by atoms with Crippen LogP contribution in [0.1, 0.15) is 36.6 Å². The summed E-state index contributed by atoms with van der Waals surface area (Å²) in [6, 6.07) is 20.3. The monoisotopic (exact) mass is 459 g/mol. The van der Waals surface area contributed by atoms with Crippen molar-refractivity contribution >= 4 is 17.7 Å². The molecule has 1 heterocycles. The van der Waals surface area contributed by atoms with Gasteiger partial charge >= 0.3 is 0 Å². The molecule has 0 aliphatic carbocycles. The molecule has 0 unspecified atom stereocenters. The second kappa shape index (κ2) is 10.1. The molecule has 8 nitrogen and oxygen atoms in total. The summed E-state index contributed by atoms with van der Waals surface area (Å²) in [4.78, 5) is 40.6. The fraction of sp³-hybridized carbons (Fsp3) is 0.192. The van der Waals surface area contributed by atoms with Crippen LogP contribution in [-0.4, -0.2) is 58.8 Å². The molecule has 0 spiro atoms. The number of carbonyl (C=O) groups is 3. The third-order valence-corrected chi connectivity index (χ3v) is 5.71. The SMILES string of the molecule is NC(=O)c1ccccc1OCc1cccc(C(=O)N2CCN(C(=O)c3ccccc3O)CC2)c1. The molecule has 8 heteroatoms. The zero-order chi connectivity index (χ0) is 24.1. The van der Waals surface area contributed by atoms with Gasteiger partial charge in [-0.05, 0) is 42.0 Å². The Hall–Kier alpha value is -4.33. The largest absolute Gasteiger partial charge is 0.507 e. The average Bonchev–Trinajstić information content (AvgIpc) is 2.87. The van der Waals surface area contributed by atoms with Gasteiger partial charge in [-0.3, -0.25) is 14.4 Å². The van der Waals surface area contributed by atoms with E-state index in [1.807, 2.05) is 6.07 Å². The highest BCUT2D eigenvalue weighted by atomic mass is 16.5. The Morgan fingerprint density at radius 2 is 1.41 bits per heavy atom. The van der Waals surface area contributed by atoms with E-state index in [1.165, 1.54) is 6.07 Å². The minimum absolute atomic E-state index is 0.0523. The predicted molar refractivity (Wildman–Crippen MR) is 126 cm³/mol. The number of nitrogens with two attached hydrogens (primary N) is 1. The van der Waals surface area contributed by atoms with Crippen molar-refractivity contribution in [2.75, 3.05) is 26.2 Å². The van der Waals surface area contributed by atoms with E-state index in [-0.39, 0.29) is 29.7 Å². The maximum Gasteiger partial charge on any atom is 0.257 e. The number of aromatic hydroxyl groups is 1. The van der Waals surface area contributed by atoms with Gasteiger partial charge in [0.2, 0.25) is 0 Å². The summed E-state index contributed by atoms with van der Waals surface area (Å²) in [7, 11) is 0. The van der Waals surface area contributed by atoms with Gasteiger partial charge in [0.15, 0.2) is 0 Å². The molecule has 1 fully saturated rings. The Bertz CT molecular complexity index is 1220. The molecule has 1 saturated heterocycles. The van der Waals surface area contributed by atoms with E-state index in [1.54, 1.807) is 70.5 Å². The summed E-state index contributed by atoms with van der Waals surface area (Å²) < 4.78 is 5.77. The predicted octanol–water partition coefficient (Wildman–Crippen LogP) is 2.67. The first kappa shape index (κ1) is 22.8. The molecule has 1 aliphatic heterocycles. The number of phenolic OH excluding ortho intramolecular Hbond substituents is 1. The zero-order valence-corrected chi connectivity index (χ0v) is 18.5. The fourth-order valence-corrected chi connectivity index (χ4v) is 3.87. The van der Waals surface area contributed by atoms with Gasteiger partial charge in [-0.1, -0.05) is 36.4 Å². The number of para-hydroxylation sites is 2. The van der Waals surface area contributed by atoms with Crippen molar-refractivity contribution in [3.05, 3.63) is 95.1 Å². The van der Waals surface area contributed by atoms with Crippen LogP contribution in [0.4, 0.5) is 0 Å². The number of primary amides is 1. The molecule has 0 radical (unpaired) electrons. The van der Waals surface area contributed by atoms with Gasteiger partial charge in [0, 0.05) is 31.7 Å². The van der Waals surface area contributed by atoms with Crippen LogP contribution in [0.5, 0.6) is 11.5 Å². The van der Waals surface area contributed by atoms with Gasteiger partial charge in [-0.25, -0.2) is 0 Å². The van der Waals surface area contributed by atoms with E-state index in [2.05, 4.69) is 0 Å². The van der Waals surface area contributed by atoms with Crippen LogP contribution in [0.3, 0.4) is 0 Å². The van der Waals surface area contributed by atoms with Gasteiger partial charge < -0.3 is 25.4 Å². The molecule has 3 aromatic rings. The molecule has 0 aromatic heterocycles. The molecule has 3 N–H and O–H groups in total. The smallest absolute Gasteiger partial charge is 0.257 e. The second-order valence-electron chi connectivity index (χ2n) is 7.95. The van der Waals surface area contributed by atoms with Crippen molar-refractivity contribution in [1.82, 2.24) is 9.80 Å². The maximum atomic E-state index is 13.1. The zero-order valence-electron chi connectivity index (χ0n) is 18.5. The minimum atomic E-state index is -0.570. The highest BCUT2D eigenvalue weighted by molar-refractivity contribution is 5.98. The third-order valence-electron chi connectivity index (χ3n) is 5.71. The number of rotatable bonds is 6. The van der Waals surface area contributed by atoms with Crippen molar-refractivity contribution in [3.63, 3.8) is 0 Å². The molecule has 4 rings (SSSR count). The number of carbonyl (C=O) groups excluding carboxylic acids is 3. The first-order valence-corrected chi connectivity index (χ1v) is 10.9. The molecule has 174 valence electrons. The summed E-state index contributed by atoms with van der Waals surface area (Å²) >= 11 is 0. The summed E-state index contributed by atoms with van der Waals surface area (Å²) in [6.07, 6.45) is 0. The van der Waals surface area contributed by atoms with Gasteiger partial charge in [0.25, 0.3) is 17.7 Å². The number of phenols is 1. The first-order valence-electron chi connectivity index (χ1n) is 10.9. The number of ether oxygens (including phenoxy) is 1. The number of benzene rings is 3. The van der Waals surface area contributed by atoms with Gasteiger partial charge in [-0.2, -0.15) is 0 Å². The van der Waals surface area contributed by atoms with E-state index in [0.29, 0.717) is 43.1 Å². The molecule has 0 bridgehead atoms. The van der Waals surface area contributed by atoms with Crippen molar-refractivity contribution in [2.45, 2.75) is 6.61 Å². The van der Waals surface area contributed by atoms with E-state index < -0.39 is 5.91 Å². The van der Waals surface area contributed by atoms with Crippen LogP contribution in [0, 0.1) is 0 Å². The number of amides is 3. The standard InChI is InChI=1S/C26H25N3O5/c27-24(31)21-9-2-4-11-23(21)34-17-18-6-5-7-19(16-18)25(32)28-12-14-29(15-13-28)26(33)20-8-1-3-10-22(20)30/h1-11,16,30H,12-15,17H2,(H2,27,31). The Morgan fingerprint density at radius 3 is 2.09 bits per heavy atom. The van der Waals surface area contributed by atoms with Crippen LogP contribution in [-0.2, 0) is 6.61 Å². The fourth-order valence-electron chi connectivity index (χ4n) is 3.87. The number of piperazine rings is 1. The highest BCUT2D eigenvalue weighted by Gasteiger charge is 2.26. The molecule has 3 aromatic carbocycles. The molecule has 1 aliphatic rings. The van der Waals surface area contributed by atoms with Crippen molar-refractivity contribution in [3.8, 4) is 11.5 Å². The molecule has 34 heavy (non-hydrogen) atoms. The molecule has 0 saturated carbocycles. The maximum absolute atomic E-state index is 13.1. The number of hydrogen-bond donors (Lipinski definition) is 2. The van der Waals surface area contributed by atoms with Crippen molar-refractivity contribution in [1.29, 1.82) is 0 Å². The van der Waals surface area contributed by atoms with Crippen LogP contribution in [0.15, 0.2) is 72.8 Å². The van der Waals surface area contributed by atoms with Crippen molar-refractivity contribution < 1.29 is 24.2 Å². The van der Waals surface area contributed by atoms with E-state index >= 15 is 0 Å². The number of hydrogen-bond acceptors (Lipinski definition) is 5. The minimum Gasteiger partial charge on any atom is -0.507 e. The van der Waals surface area contributed by atoms with Gasteiger partial charge in [0.05, 0.1) is 11.1 Å². The summed E-state index contributed by atoms with van der Waals surface area (Å²) in [6.45, 7) is 1.72. The lowest BCUT2D eigenvalue weighted by molar-refractivity contribution is 0.0533. The third kappa shape index (κ3) is 5.01. The van der Waals surface area contributed by atoms with Crippen LogP contribution < -0.4 is 10.5 Å². The number of nitrogens with zero attached hydrogens (tertiary/aromatic N) is 2. The van der Waals surface area contributed by atoms with E-state index in [4.69, 9.17) is 10.5 Å². The Balaban J connectivity index is 1.37. The van der Waals surface area contributed by atoms with Crippen LogP contribution in [0.2, 0.25) is 0 Å². The first-order chi connectivity index (χ1) is 16.4. The Morgan fingerprint density at radius 1 is 0.794 bits per heavy atom. The molecule has 3 amide bonds. The lowest BCUT2D eigenvalue weighted by Crippen LogP contribution is -2.50. The normalized spacial score (nSPS) is 13.4. The van der Waals surface area contributed by atoms with Gasteiger partial charge in [0.1, 0.15) is 18.1 Å². The quantitative estimate of drug-likeness (QED) is 0.588. The second-order valence-corrected chi connectivity index (χ2v) is 7.95. The molecular weight excluding hydrogens is 434 g/mol. The van der Waals surface area contributed by atoms with E-state index in [9.17, 15) is 19.5 Å². The summed E-state index contributed by atoms with van der Waals surface area (Å²) in [5.74, 6) is -0.616. The Kier molecular flexibility index (Phi) is 6.77. The van der Waals surface area contributed by atoms with Crippen LogP contribution in [0.25, 0.3) is 0 Å². The average molecular weight is 460 g/mol. The lowest BCUT2D eigenvalue weighted by atomic mass is 10.1. The van der Waals surface area contributed by atoms with E-state index in [0.717, 1.165) is 5.56 Å².